The molecule has 9 aromatic rings. The highest BCUT2D eigenvalue weighted by Gasteiger charge is 2.51. The predicted molar refractivity (Wildman–Crippen MR) is 310 cm³/mol. The summed E-state index contributed by atoms with van der Waals surface area (Å²) in [4.78, 5) is 5.45. The zero-order valence-corrected chi connectivity index (χ0v) is 45.5. The van der Waals surface area contributed by atoms with Gasteiger partial charge in [0.05, 0.1) is 11.4 Å². The maximum atomic E-state index is 7.39. The van der Waals surface area contributed by atoms with Gasteiger partial charge in [-0.1, -0.05) is 151 Å². The number of rotatable bonds is 2. The first-order valence-electron chi connectivity index (χ1n) is 26.8. The number of hydrogen-bond donors (Lipinski definition) is 0. The molecule has 360 valence electrons. The van der Waals surface area contributed by atoms with Crippen LogP contribution in [0.2, 0.25) is 0 Å². The summed E-state index contributed by atoms with van der Waals surface area (Å²) >= 11 is 2.03. The van der Waals surface area contributed by atoms with Crippen LogP contribution in [0.15, 0.2) is 126 Å². The van der Waals surface area contributed by atoms with Crippen molar-refractivity contribution in [3.8, 4) is 22.3 Å². The van der Waals surface area contributed by atoms with E-state index >= 15 is 0 Å². The molecule has 0 bridgehead atoms. The maximum absolute atomic E-state index is 7.39. The van der Waals surface area contributed by atoms with Crippen molar-refractivity contribution in [2.45, 2.75) is 148 Å². The third kappa shape index (κ3) is 5.92. The quantitative estimate of drug-likeness (QED) is 0.161. The summed E-state index contributed by atoms with van der Waals surface area (Å²) in [5, 5.41) is 3.67. The van der Waals surface area contributed by atoms with Gasteiger partial charge in [-0.05, 0) is 175 Å². The summed E-state index contributed by atoms with van der Waals surface area (Å²) in [5.74, 6) is 0. The Labute approximate surface area is 431 Å². The number of thiophene rings is 1. The first-order chi connectivity index (χ1) is 34.0. The highest BCUT2D eigenvalue weighted by Crippen LogP contribution is 2.59. The fraction of sp³-hybridized carbons (Fsp3) is 0.343. The van der Waals surface area contributed by atoms with Gasteiger partial charge < -0.3 is 14.1 Å². The van der Waals surface area contributed by atoms with Crippen LogP contribution in [0.25, 0.3) is 54.3 Å². The summed E-state index contributed by atoms with van der Waals surface area (Å²) in [7, 11) is 0. The molecular formula is C67H67BN2OS. The van der Waals surface area contributed by atoms with Crippen LogP contribution < -0.4 is 20.0 Å². The minimum Gasteiger partial charge on any atom is -0.454 e. The van der Waals surface area contributed by atoms with Gasteiger partial charge in [0.15, 0.2) is 5.58 Å². The second-order valence-electron chi connectivity index (χ2n) is 26.6. The lowest BCUT2D eigenvalue weighted by Crippen LogP contribution is -2.60. The average molecular weight is 959 g/mol. The summed E-state index contributed by atoms with van der Waals surface area (Å²) in [6, 6.07) is 48.0. The highest BCUT2D eigenvalue weighted by molar-refractivity contribution is 7.32. The zero-order valence-electron chi connectivity index (χ0n) is 44.7. The third-order valence-corrected chi connectivity index (χ3v) is 20.1. The zero-order chi connectivity index (χ0) is 50.0. The molecule has 7 aromatic carbocycles. The Bertz CT molecular complexity index is 3850. The molecule has 14 rings (SSSR count). The molecule has 0 fully saturated rings. The van der Waals surface area contributed by atoms with Crippen LogP contribution in [-0.4, -0.2) is 6.85 Å². The van der Waals surface area contributed by atoms with Crippen molar-refractivity contribution in [3.05, 3.63) is 160 Å². The molecule has 0 amide bonds. The van der Waals surface area contributed by atoms with E-state index in [2.05, 4.69) is 221 Å². The van der Waals surface area contributed by atoms with Gasteiger partial charge in [0.1, 0.15) is 5.58 Å². The van der Waals surface area contributed by atoms with E-state index in [9.17, 15) is 0 Å². The fourth-order valence-electron chi connectivity index (χ4n) is 14.3. The SMILES string of the molecule is CC(C)(C)c1ccc(N2B3c4sc5cc6c(cc5c4N(c4ccc5c(c4)C(C)(C)CCC5(C)C)c4c3c(cc3c4oc4ccccc43)-c3cc4c(cc32)C(C)(C)c2ccccc2-4)C(C)(C)CCC6(C)C)cc1. The van der Waals surface area contributed by atoms with Crippen LogP contribution in [-0.2, 0) is 32.5 Å². The Morgan fingerprint density at radius 2 is 1.12 bits per heavy atom. The molecule has 0 unspecified atom stereocenters. The molecule has 2 aliphatic heterocycles. The number of para-hydroxylation sites is 1. The van der Waals surface area contributed by atoms with Gasteiger partial charge in [0.25, 0.3) is 0 Å². The fourth-order valence-corrected chi connectivity index (χ4v) is 15.6. The second-order valence-corrected chi connectivity index (χ2v) is 27.7. The van der Waals surface area contributed by atoms with Crippen molar-refractivity contribution in [2.24, 2.45) is 0 Å². The van der Waals surface area contributed by atoms with E-state index in [1.54, 1.807) is 0 Å². The molecule has 3 aliphatic carbocycles. The lowest BCUT2D eigenvalue weighted by Gasteiger charge is -2.46. The molecule has 5 aliphatic rings. The van der Waals surface area contributed by atoms with E-state index in [-0.39, 0.29) is 39.3 Å². The number of furan rings is 1. The standard InChI is InChI=1S/C67H67BN2OS/c1-62(2,3)38-22-24-39(25-23-38)70-54-36-50-43(41-18-14-16-20-48(41)67(50,12)13)33-44(54)45-34-46-42-19-15-17-21-55(42)71-60(46)59-57(45)68(70)61-58(47-35-52-53(37-56(47)72-61)66(10,11)31-30-65(52,8)9)69(59)40-26-27-49-51(32-40)64(6,7)29-28-63(49,4)5/h14-27,32-37H,28-31H2,1-13H3. The van der Waals surface area contributed by atoms with Crippen LogP contribution >= 0.6 is 11.3 Å². The van der Waals surface area contributed by atoms with Gasteiger partial charge in [0, 0.05) is 53.7 Å². The number of anilines is 5. The molecule has 4 heterocycles. The van der Waals surface area contributed by atoms with Crippen LogP contribution in [0.4, 0.5) is 28.4 Å². The Balaban J connectivity index is 1.17. The summed E-state index contributed by atoms with van der Waals surface area (Å²) < 4.78 is 10.1. The van der Waals surface area contributed by atoms with Crippen molar-refractivity contribution in [1.82, 2.24) is 0 Å². The Morgan fingerprint density at radius 3 is 1.83 bits per heavy atom. The predicted octanol–water partition coefficient (Wildman–Crippen LogP) is 17.8. The highest BCUT2D eigenvalue weighted by atomic mass is 32.1. The Hall–Kier alpha value is -6.04. The molecule has 0 spiro atoms. The van der Waals surface area contributed by atoms with Crippen LogP contribution in [0.5, 0.6) is 0 Å². The summed E-state index contributed by atoms with van der Waals surface area (Å²) in [6.07, 6.45) is 4.68. The molecule has 72 heavy (non-hydrogen) atoms. The molecule has 0 N–H and O–H groups in total. The van der Waals surface area contributed by atoms with Gasteiger partial charge in [-0.25, -0.2) is 0 Å². The van der Waals surface area contributed by atoms with Crippen molar-refractivity contribution >= 4 is 88.9 Å². The van der Waals surface area contributed by atoms with Crippen molar-refractivity contribution in [1.29, 1.82) is 0 Å². The van der Waals surface area contributed by atoms with E-state index in [1.165, 1.54) is 135 Å². The van der Waals surface area contributed by atoms with E-state index < -0.39 is 0 Å². The summed E-state index contributed by atoms with van der Waals surface area (Å²) in [5.41, 5.74) is 24.8. The number of hydrogen-bond acceptors (Lipinski definition) is 4. The Kier molecular flexibility index (Phi) is 8.79. The van der Waals surface area contributed by atoms with E-state index in [1.807, 2.05) is 11.3 Å². The minimum absolute atomic E-state index is 0.0188. The number of nitrogens with zero attached hydrogens (tertiary/aromatic N) is 2. The van der Waals surface area contributed by atoms with Crippen molar-refractivity contribution in [3.63, 3.8) is 0 Å². The number of benzene rings is 7. The monoisotopic (exact) mass is 959 g/mol. The van der Waals surface area contributed by atoms with E-state index in [4.69, 9.17) is 4.42 Å². The van der Waals surface area contributed by atoms with Gasteiger partial charge in [-0.15, -0.1) is 11.3 Å². The van der Waals surface area contributed by atoms with Gasteiger partial charge in [-0.3, -0.25) is 0 Å². The smallest absolute Gasteiger partial charge is 0.343 e. The first kappa shape index (κ1) is 44.6. The normalized spacial score (nSPS) is 19.2. The van der Waals surface area contributed by atoms with Crippen LogP contribution in [0.3, 0.4) is 0 Å². The molecule has 3 nitrogen and oxygen atoms in total. The second kappa shape index (κ2) is 14.2. The van der Waals surface area contributed by atoms with Gasteiger partial charge in [0.2, 0.25) is 0 Å². The summed E-state index contributed by atoms with van der Waals surface area (Å²) in [6.45, 7) is 31.4. The van der Waals surface area contributed by atoms with Crippen LogP contribution in [0, 0.1) is 0 Å². The molecular weight excluding hydrogens is 892 g/mol. The largest absolute Gasteiger partial charge is 0.454 e. The molecule has 0 radical (unpaired) electrons. The van der Waals surface area contributed by atoms with E-state index in [0.29, 0.717) is 0 Å². The van der Waals surface area contributed by atoms with Gasteiger partial charge >= 0.3 is 6.85 Å². The number of fused-ring (bicyclic) bond motifs is 15. The van der Waals surface area contributed by atoms with Crippen molar-refractivity contribution < 1.29 is 4.42 Å². The molecule has 2 aromatic heterocycles. The maximum Gasteiger partial charge on any atom is 0.343 e. The van der Waals surface area contributed by atoms with E-state index in [0.717, 1.165) is 23.0 Å². The minimum atomic E-state index is -0.168. The average Bonchev–Trinajstić information content (AvgIpc) is 3.98. The van der Waals surface area contributed by atoms with Gasteiger partial charge in [-0.2, -0.15) is 0 Å². The Morgan fingerprint density at radius 1 is 0.500 bits per heavy atom. The van der Waals surface area contributed by atoms with Crippen LogP contribution in [0.1, 0.15) is 155 Å². The lowest BCUT2D eigenvalue weighted by molar-refractivity contribution is 0.332. The first-order valence-corrected chi connectivity index (χ1v) is 27.6. The molecule has 0 saturated heterocycles. The molecule has 0 atom stereocenters. The lowest BCUT2D eigenvalue weighted by atomic mass is 9.46. The topological polar surface area (TPSA) is 19.6 Å². The molecule has 0 saturated carbocycles. The van der Waals surface area contributed by atoms with Crippen molar-refractivity contribution in [2.75, 3.05) is 9.71 Å². The molecule has 5 heteroatoms. The third-order valence-electron chi connectivity index (χ3n) is 18.9.